The summed E-state index contributed by atoms with van der Waals surface area (Å²) in [7, 11) is 0. The summed E-state index contributed by atoms with van der Waals surface area (Å²) in [5, 5.41) is 2.70. The Morgan fingerprint density at radius 3 is 2.38 bits per heavy atom. The van der Waals surface area contributed by atoms with E-state index in [2.05, 4.69) is 28.2 Å². The minimum Gasteiger partial charge on any atom is -0.455 e. The fourth-order valence-electron chi connectivity index (χ4n) is 1.88. The quantitative estimate of drug-likeness (QED) is 0.549. The maximum atomic E-state index is 11.8. The van der Waals surface area contributed by atoms with E-state index in [1.165, 1.54) is 17.3 Å². The Morgan fingerprint density at radius 1 is 1.08 bits per heavy atom. The van der Waals surface area contributed by atoms with Crippen molar-refractivity contribution >= 4 is 45.3 Å². The largest absolute Gasteiger partial charge is 0.455 e. The smallest absolute Gasteiger partial charge is 0.316 e. The van der Waals surface area contributed by atoms with Crippen LogP contribution in [0.4, 0.5) is 5.69 Å². The molecule has 2 aromatic carbocycles. The Kier molecular flexibility index (Phi) is 7.34. The van der Waals surface area contributed by atoms with Gasteiger partial charge in [0.1, 0.15) is 0 Å². The second kappa shape index (κ2) is 9.49. The molecule has 2 rings (SSSR count). The second-order valence-electron chi connectivity index (χ2n) is 5.00. The number of anilines is 1. The highest BCUT2D eigenvalue weighted by atomic mass is 79.9. The Morgan fingerprint density at radius 2 is 1.75 bits per heavy atom. The molecule has 6 heteroatoms. The van der Waals surface area contributed by atoms with Crippen molar-refractivity contribution < 1.29 is 14.3 Å². The minimum atomic E-state index is -0.417. The number of thioether (sulfide) groups is 1. The van der Waals surface area contributed by atoms with Crippen LogP contribution in [0.2, 0.25) is 0 Å². The first-order valence-electron chi connectivity index (χ1n) is 7.49. The molecule has 1 amide bonds. The third kappa shape index (κ3) is 6.37. The number of carbonyl (C=O) groups is 2. The molecule has 0 atom stereocenters. The van der Waals surface area contributed by atoms with Gasteiger partial charge in [-0.3, -0.25) is 9.59 Å². The molecule has 0 aliphatic heterocycles. The lowest BCUT2D eigenvalue weighted by molar-refractivity contribution is -0.144. The normalized spacial score (nSPS) is 10.2. The Balaban J connectivity index is 1.70. The standard InChI is InChI=1S/C18H18BrNO3S/c1-2-13-3-7-15(8-4-13)20-17(21)11-23-18(22)12-24-16-9-5-14(19)6-10-16/h3-10H,2,11-12H2,1H3,(H,20,21). The minimum absolute atomic E-state index is 0.167. The van der Waals surface area contributed by atoms with E-state index in [1.54, 1.807) is 0 Å². The molecule has 0 radical (unpaired) electrons. The van der Waals surface area contributed by atoms with Crippen molar-refractivity contribution in [3.8, 4) is 0 Å². The van der Waals surface area contributed by atoms with Crippen molar-refractivity contribution in [2.45, 2.75) is 18.2 Å². The topological polar surface area (TPSA) is 55.4 Å². The van der Waals surface area contributed by atoms with Crippen LogP contribution in [0.5, 0.6) is 0 Å². The summed E-state index contributed by atoms with van der Waals surface area (Å²) in [4.78, 5) is 24.4. The number of benzene rings is 2. The van der Waals surface area contributed by atoms with Gasteiger partial charge in [-0.25, -0.2) is 0 Å². The van der Waals surface area contributed by atoms with Crippen molar-refractivity contribution in [2.24, 2.45) is 0 Å². The van der Waals surface area contributed by atoms with Gasteiger partial charge >= 0.3 is 5.97 Å². The molecule has 0 spiro atoms. The molecule has 0 bridgehead atoms. The number of amides is 1. The van der Waals surface area contributed by atoms with Crippen LogP contribution in [0.1, 0.15) is 12.5 Å². The number of hydrogen-bond donors (Lipinski definition) is 1. The number of rotatable bonds is 7. The highest BCUT2D eigenvalue weighted by Crippen LogP contribution is 2.20. The van der Waals surface area contributed by atoms with E-state index in [-0.39, 0.29) is 18.3 Å². The first-order valence-corrected chi connectivity index (χ1v) is 9.27. The zero-order valence-electron chi connectivity index (χ0n) is 13.3. The highest BCUT2D eigenvalue weighted by molar-refractivity contribution is 9.10. The molecule has 0 heterocycles. The molecule has 2 aromatic rings. The third-order valence-corrected chi connectivity index (χ3v) is 4.69. The predicted octanol–water partition coefficient (Wildman–Crippen LogP) is 4.29. The summed E-state index contributed by atoms with van der Waals surface area (Å²) in [5.74, 6) is -0.597. The van der Waals surface area contributed by atoms with Crippen LogP contribution in [0.3, 0.4) is 0 Å². The van der Waals surface area contributed by atoms with E-state index < -0.39 is 5.97 Å². The average molecular weight is 408 g/mol. The maximum absolute atomic E-state index is 11.8. The van der Waals surface area contributed by atoms with Gasteiger partial charge in [0.25, 0.3) is 5.91 Å². The first kappa shape index (κ1) is 18.5. The lowest BCUT2D eigenvalue weighted by atomic mass is 10.1. The van der Waals surface area contributed by atoms with Crippen molar-refractivity contribution in [1.29, 1.82) is 0 Å². The lowest BCUT2D eigenvalue weighted by Crippen LogP contribution is -2.21. The predicted molar refractivity (Wildman–Crippen MR) is 100 cm³/mol. The second-order valence-corrected chi connectivity index (χ2v) is 6.97. The van der Waals surface area contributed by atoms with Crippen LogP contribution in [-0.2, 0) is 20.7 Å². The van der Waals surface area contributed by atoms with Gasteiger partial charge in [0.15, 0.2) is 6.61 Å². The van der Waals surface area contributed by atoms with Crippen LogP contribution in [0, 0.1) is 0 Å². The van der Waals surface area contributed by atoms with Crippen molar-refractivity contribution in [3.63, 3.8) is 0 Å². The summed E-state index contributed by atoms with van der Waals surface area (Å²) in [6, 6.07) is 15.2. The van der Waals surface area contributed by atoms with E-state index in [9.17, 15) is 9.59 Å². The van der Waals surface area contributed by atoms with E-state index >= 15 is 0 Å². The van der Waals surface area contributed by atoms with Gasteiger partial charge in [-0.2, -0.15) is 0 Å². The SMILES string of the molecule is CCc1ccc(NC(=O)COC(=O)CSc2ccc(Br)cc2)cc1. The van der Waals surface area contributed by atoms with Gasteiger partial charge in [0, 0.05) is 15.1 Å². The number of hydrogen-bond acceptors (Lipinski definition) is 4. The molecule has 0 saturated heterocycles. The number of ether oxygens (including phenoxy) is 1. The Bertz CT molecular complexity index is 686. The molecule has 0 aromatic heterocycles. The van der Waals surface area contributed by atoms with Gasteiger partial charge in [-0.05, 0) is 48.4 Å². The summed E-state index contributed by atoms with van der Waals surface area (Å²) < 4.78 is 5.97. The van der Waals surface area contributed by atoms with Gasteiger partial charge < -0.3 is 10.1 Å². The fraction of sp³-hybridized carbons (Fsp3) is 0.222. The van der Waals surface area contributed by atoms with Crippen LogP contribution in [0.15, 0.2) is 57.9 Å². The van der Waals surface area contributed by atoms with Crippen molar-refractivity contribution in [2.75, 3.05) is 17.7 Å². The van der Waals surface area contributed by atoms with Gasteiger partial charge in [-0.15, -0.1) is 11.8 Å². The van der Waals surface area contributed by atoms with E-state index in [1.807, 2.05) is 48.5 Å². The molecule has 1 N–H and O–H groups in total. The number of nitrogens with one attached hydrogen (secondary N) is 1. The van der Waals surface area contributed by atoms with Crippen LogP contribution >= 0.6 is 27.7 Å². The molecule has 4 nitrogen and oxygen atoms in total. The average Bonchev–Trinajstić information content (AvgIpc) is 2.60. The van der Waals surface area contributed by atoms with Crippen molar-refractivity contribution in [3.05, 3.63) is 58.6 Å². The number of aryl methyl sites for hydroxylation is 1. The molecule has 0 fully saturated rings. The summed E-state index contributed by atoms with van der Waals surface area (Å²) in [5.41, 5.74) is 1.89. The maximum Gasteiger partial charge on any atom is 0.316 e. The zero-order chi connectivity index (χ0) is 17.4. The van der Waals surface area contributed by atoms with Crippen LogP contribution in [-0.4, -0.2) is 24.2 Å². The fourth-order valence-corrected chi connectivity index (χ4v) is 2.84. The van der Waals surface area contributed by atoms with E-state index in [4.69, 9.17) is 4.74 Å². The number of esters is 1. The monoisotopic (exact) mass is 407 g/mol. The van der Waals surface area contributed by atoms with Crippen LogP contribution in [0.25, 0.3) is 0 Å². The van der Waals surface area contributed by atoms with Gasteiger partial charge in [0.2, 0.25) is 0 Å². The van der Waals surface area contributed by atoms with E-state index in [0.717, 1.165) is 15.8 Å². The molecule has 0 aliphatic rings. The Labute approximate surface area is 154 Å². The third-order valence-electron chi connectivity index (χ3n) is 3.18. The molecule has 0 aliphatic carbocycles. The molecule has 126 valence electrons. The summed E-state index contributed by atoms with van der Waals surface area (Å²) in [6.45, 7) is 1.79. The number of halogens is 1. The molecule has 0 saturated carbocycles. The highest BCUT2D eigenvalue weighted by Gasteiger charge is 2.08. The molecule has 0 unspecified atom stereocenters. The molecular formula is C18H18BrNO3S. The van der Waals surface area contributed by atoms with Crippen molar-refractivity contribution in [1.82, 2.24) is 0 Å². The lowest BCUT2D eigenvalue weighted by Gasteiger charge is -2.07. The van der Waals surface area contributed by atoms with Gasteiger partial charge in [0.05, 0.1) is 5.75 Å². The summed E-state index contributed by atoms with van der Waals surface area (Å²) in [6.07, 6.45) is 0.946. The first-order chi connectivity index (χ1) is 11.6. The van der Waals surface area contributed by atoms with Crippen LogP contribution < -0.4 is 5.32 Å². The Hall–Kier alpha value is -1.79. The molecular weight excluding hydrogens is 390 g/mol. The van der Waals surface area contributed by atoms with Gasteiger partial charge in [-0.1, -0.05) is 35.0 Å². The number of carbonyl (C=O) groups excluding carboxylic acids is 2. The molecule has 24 heavy (non-hydrogen) atoms. The zero-order valence-corrected chi connectivity index (χ0v) is 15.7. The van der Waals surface area contributed by atoms with E-state index in [0.29, 0.717) is 5.69 Å². The summed E-state index contributed by atoms with van der Waals surface area (Å²) >= 11 is 4.73.